The van der Waals surface area contributed by atoms with Gasteiger partial charge in [0, 0.05) is 40.8 Å². The largest absolute Gasteiger partial charge is 0.361 e. The van der Waals surface area contributed by atoms with Crippen molar-refractivity contribution < 1.29 is 0 Å². The van der Waals surface area contributed by atoms with E-state index in [4.69, 9.17) is 0 Å². The Balaban J connectivity index is 0.951. The molecule has 1 nitrogen and oxygen atoms in total. The minimum Gasteiger partial charge on any atom is -0.361 e. The van der Waals surface area contributed by atoms with Crippen molar-refractivity contribution in [3.05, 3.63) is 154 Å². The second-order valence-electron chi connectivity index (χ2n) is 20.3. The van der Waals surface area contributed by atoms with Crippen LogP contribution in [0.4, 0.5) is 0 Å². The van der Waals surface area contributed by atoms with E-state index < -0.39 is 0 Å². The zero-order valence-corrected chi connectivity index (χ0v) is 33.5. The molecule has 1 saturated heterocycles. The Morgan fingerprint density at radius 1 is 0.643 bits per heavy atom. The summed E-state index contributed by atoms with van der Waals surface area (Å²) in [4.78, 5) is 2.87. The number of allylic oxidation sites excluding steroid dienone is 22. The molecule has 14 atom stereocenters. The number of fused-ring (bicyclic) bond motifs is 17. The fourth-order valence-electron chi connectivity index (χ4n) is 16.7. The van der Waals surface area contributed by atoms with E-state index in [9.17, 15) is 0 Å². The van der Waals surface area contributed by atoms with E-state index in [1.165, 1.54) is 89.9 Å². The first-order valence-corrected chi connectivity index (χ1v) is 23.6. The summed E-state index contributed by atoms with van der Waals surface area (Å²) in [5.41, 5.74) is 14.7. The van der Waals surface area contributed by atoms with Crippen LogP contribution in [0.1, 0.15) is 96.3 Å². The van der Waals surface area contributed by atoms with Gasteiger partial charge in [-0.3, -0.25) is 0 Å². The minimum atomic E-state index is 0.219. The van der Waals surface area contributed by atoms with E-state index in [-0.39, 0.29) is 5.41 Å². The van der Waals surface area contributed by atoms with Crippen molar-refractivity contribution in [2.45, 2.75) is 108 Å². The lowest BCUT2D eigenvalue weighted by Gasteiger charge is -2.52. The van der Waals surface area contributed by atoms with Crippen molar-refractivity contribution in [1.82, 2.24) is 4.90 Å². The topological polar surface area (TPSA) is 3.24 Å². The van der Waals surface area contributed by atoms with Crippen LogP contribution in [-0.4, -0.2) is 17.0 Å². The van der Waals surface area contributed by atoms with Gasteiger partial charge in [0.2, 0.25) is 0 Å². The van der Waals surface area contributed by atoms with E-state index in [0.29, 0.717) is 47.6 Å². The summed E-state index contributed by atoms with van der Waals surface area (Å²) in [6.45, 7) is 0. The fourth-order valence-corrected chi connectivity index (χ4v) is 16.7. The predicted molar refractivity (Wildman–Crippen MR) is 230 cm³/mol. The van der Waals surface area contributed by atoms with E-state index in [1.807, 2.05) is 22.3 Å². The Morgan fingerprint density at radius 3 is 2.45 bits per heavy atom. The van der Waals surface area contributed by atoms with Gasteiger partial charge >= 0.3 is 0 Å². The highest BCUT2D eigenvalue weighted by molar-refractivity contribution is 5.61. The van der Waals surface area contributed by atoms with Crippen molar-refractivity contribution in [2.75, 3.05) is 0 Å². The molecule has 14 unspecified atom stereocenters. The summed E-state index contributed by atoms with van der Waals surface area (Å²) in [7, 11) is 0. The van der Waals surface area contributed by atoms with Gasteiger partial charge in [-0.15, -0.1) is 0 Å². The zero-order chi connectivity index (χ0) is 36.5. The molecule has 0 aromatic carbocycles. The molecule has 12 aliphatic carbocycles. The second kappa shape index (κ2) is 12.7. The van der Waals surface area contributed by atoms with Gasteiger partial charge in [0.15, 0.2) is 0 Å². The third-order valence-corrected chi connectivity index (χ3v) is 18.4. The molecule has 1 heteroatoms. The van der Waals surface area contributed by atoms with Crippen LogP contribution in [-0.2, 0) is 0 Å². The van der Waals surface area contributed by atoms with Crippen LogP contribution in [0.3, 0.4) is 0 Å². The third-order valence-electron chi connectivity index (χ3n) is 18.4. The molecular weight excluding hydrogens is 675 g/mol. The Morgan fingerprint density at radius 2 is 1.50 bits per heavy atom. The van der Waals surface area contributed by atoms with Crippen LogP contribution in [0, 0.1) is 70.5 Å². The first kappa shape index (κ1) is 33.4. The molecule has 0 bridgehead atoms. The van der Waals surface area contributed by atoms with E-state index in [0.717, 1.165) is 36.0 Å². The van der Waals surface area contributed by atoms with Crippen LogP contribution in [0.25, 0.3) is 0 Å². The van der Waals surface area contributed by atoms with Crippen molar-refractivity contribution in [2.24, 2.45) is 70.5 Å². The Hall–Kier alpha value is -3.58. The van der Waals surface area contributed by atoms with E-state index in [1.54, 1.807) is 22.4 Å². The predicted octanol–water partition coefficient (Wildman–Crippen LogP) is 13.0. The van der Waals surface area contributed by atoms with Crippen LogP contribution in [0.5, 0.6) is 0 Å². The molecule has 1 spiro atoms. The highest BCUT2D eigenvalue weighted by Gasteiger charge is 2.68. The molecule has 13 rings (SSSR count). The summed E-state index contributed by atoms with van der Waals surface area (Å²) < 4.78 is 0. The third kappa shape index (κ3) is 4.45. The molecule has 1 aliphatic heterocycles. The van der Waals surface area contributed by atoms with Gasteiger partial charge in [-0.1, -0.05) is 139 Å². The fraction of sp³-hybridized carbons (Fsp3) is 0.527. The lowest BCUT2D eigenvalue weighted by atomic mass is 9.51. The Bertz CT molecular complexity index is 2140. The smallest absolute Gasteiger partial charge is 0.0583 e. The highest BCUT2D eigenvalue weighted by Crippen LogP contribution is 2.76. The molecule has 2 saturated carbocycles. The SMILES string of the molecule is C1=CC2C3=CC(C4=CCCC5=C4C4(C6CC7=C(C=C6C6C=CC=CC64)C4C=CCCC4C4C=CCCC74)C4CCCCC54)CC=C3N(C3CC=CCC3)C2C=C1. The molecule has 13 aliphatic rings. The molecule has 0 aromatic heterocycles. The van der Waals surface area contributed by atoms with Crippen molar-refractivity contribution >= 4 is 0 Å². The summed E-state index contributed by atoms with van der Waals surface area (Å²) in [5, 5.41) is 0. The molecule has 0 aromatic rings. The minimum absolute atomic E-state index is 0.219. The maximum atomic E-state index is 2.91. The van der Waals surface area contributed by atoms with E-state index in [2.05, 4.69) is 114 Å². The molecule has 1 heterocycles. The van der Waals surface area contributed by atoms with Gasteiger partial charge in [-0.25, -0.2) is 0 Å². The summed E-state index contributed by atoms with van der Waals surface area (Å²) >= 11 is 0. The van der Waals surface area contributed by atoms with Crippen LogP contribution >= 0.6 is 0 Å². The van der Waals surface area contributed by atoms with Gasteiger partial charge in [0.25, 0.3) is 0 Å². The van der Waals surface area contributed by atoms with E-state index >= 15 is 0 Å². The van der Waals surface area contributed by atoms with Crippen molar-refractivity contribution in [1.29, 1.82) is 0 Å². The lowest BCUT2D eigenvalue weighted by Crippen LogP contribution is -2.45. The van der Waals surface area contributed by atoms with Crippen LogP contribution in [0.15, 0.2) is 154 Å². The van der Waals surface area contributed by atoms with Gasteiger partial charge in [-0.2, -0.15) is 0 Å². The second-order valence-corrected chi connectivity index (χ2v) is 20.3. The summed E-state index contributed by atoms with van der Waals surface area (Å²) in [6.07, 6.45) is 66.5. The quantitative estimate of drug-likeness (QED) is 0.255. The maximum absolute atomic E-state index is 2.91. The number of rotatable bonds is 2. The molecule has 56 heavy (non-hydrogen) atoms. The van der Waals surface area contributed by atoms with Crippen LogP contribution < -0.4 is 0 Å². The zero-order valence-electron chi connectivity index (χ0n) is 33.5. The monoisotopic (exact) mass is 735 g/mol. The molecule has 3 fully saturated rings. The summed E-state index contributed by atoms with van der Waals surface area (Å²) in [5.74, 6) is 7.26. The van der Waals surface area contributed by atoms with Gasteiger partial charge in [0.05, 0.1) is 6.04 Å². The molecular formula is C55H61N. The van der Waals surface area contributed by atoms with Gasteiger partial charge in [0.1, 0.15) is 0 Å². The van der Waals surface area contributed by atoms with Crippen LogP contribution in [0.2, 0.25) is 0 Å². The Labute approximate surface area is 336 Å². The number of hydrogen-bond acceptors (Lipinski definition) is 1. The number of nitrogens with zero attached hydrogens (tertiary/aromatic N) is 1. The van der Waals surface area contributed by atoms with Gasteiger partial charge in [-0.05, 0) is 147 Å². The standard InChI is InChI=1S/C55H61N/c1-2-15-35(16-3-1)56-52-28-13-10-23-43(52)48-31-34(29-30-53(48)56)36-24-14-25-44-41-21-8-11-26-49(41)55(54(36)44)50-27-12-9-22-42(50)47-32-45-39-19-6-4-17-37(39)38-18-5-7-20-40(38)46(45)33-51(47)55/h1-2,5-6,9-10,12-13,18-19,22-24,27-28,30-32,34-35,37-43,49-52H,3-4,7-8,11,14-17,20-21,25-26,29,33H2. The highest BCUT2D eigenvalue weighted by atomic mass is 15.2. The average Bonchev–Trinajstić information content (AvgIpc) is 3.87. The summed E-state index contributed by atoms with van der Waals surface area (Å²) in [6, 6.07) is 1.10. The van der Waals surface area contributed by atoms with Crippen molar-refractivity contribution in [3.8, 4) is 0 Å². The molecule has 0 amide bonds. The molecule has 0 N–H and O–H groups in total. The lowest BCUT2D eigenvalue weighted by molar-refractivity contribution is 0.0706. The Kier molecular flexibility index (Phi) is 7.58. The average molecular weight is 736 g/mol. The maximum Gasteiger partial charge on any atom is 0.0583 e. The van der Waals surface area contributed by atoms with Crippen molar-refractivity contribution in [3.63, 3.8) is 0 Å². The molecule has 0 radical (unpaired) electrons. The first-order valence-electron chi connectivity index (χ1n) is 23.6. The number of likely N-dealkylation sites (tertiary alicyclic amines) is 1. The normalized spacial score (nSPS) is 45.9. The van der Waals surface area contributed by atoms with Gasteiger partial charge < -0.3 is 4.90 Å². The first-order chi connectivity index (χ1) is 27.8. The number of hydrogen-bond donors (Lipinski definition) is 0. The molecule has 286 valence electrons.